The average Bonchev–Trinajstić information content (AvgIpc) is 2.84. The zero-order valence-corrected chi connectivity index (χ0v) is 13.7. The van der Waals surface area contributed by atoms with Crippen LogP contribution in [0.4, 0.5) is 5.69 Å². The van der Waals surface area contributed by atoms with Gasteiger partial charge in [0.05, 0.1) is 0 Å². The molecule has 1 aromatic carbocycles. The third kappa shape index (κ3) is 3.78. The molecule has 2 aliphatic heterocycles. The summed E-state index contributed by atoms with van der Waals surface area (Å²) in [7, 11) is 2.23. The van der Waals surface area contributed by atoms with Gasteiger partial charge in [-0.25, -0.2) is 0 Å². The molecule has 116 valence electrons. The van der Waals surface area contributed by atoms with Crippen LogP contribution in [0.3, 0.4) is 0 Å². The van der Waals surface area contributed by atoms with Gasteiger partial charge in [0.2, 0.25) is 0 Å². The van der Waals surface area contributed by atoms with Crippen molar-refractivity contribution in [1.29, 1.82) is 0 Å². The zero-order chi connectivity index (χ0) is 14.8. The summed E-state index contributed by atoms with van der Waals surface area (Å²) >= 11 is 0. The van der Waals surface area contributed by atoms with Gasteiger partial charge >= 0.3 is 0 Å². The minimum Gasteiger partial charge on any atom is -0.371 e. The summed E-state index contributed by atoms with van der Waals surface area (Å²) in [6.45, 7) is 9.23. The van der Waals surface area contributed by atoms with Gasteiger partial charge in [0, 0.05) is 37.4 Å². The lowest BCUT2D eigenvalue weighted by Crippen LogP contribution is -2.47. The number of hydrogen-bond donors (Lipinski definition) is 1. The number of benzene rings is 1. The quantitative estimate of drug-likeness (QED) is 0.922. The van der Waals surface area contributed by atoms with E-state index in [4.69, 9.17) is 0 Å². The molecule has 0 spiro atoms. The van der Waals surface area contributed by atoms with Crippen molar-refractivity contribution in [3.05, 3.63) is 29.3 Å². The Bertz CT molecular complexity index is 457. The highest BCUT2D eigenvalue weighted by Crippen LogP contribution is 2.23. The molecule has 0 saturated carbocycles. The van der Waals surface area contributed by atoms with Gasteiger partial charge in [0.1, 0.15) is 0 Å². The molecule has 3 heteroatoms. The number of rotatable bonds is 3. The predicted molar refractivity (Wildman–Crippen MR) is 90.2 cm³/mol. The molecule has 1 atom stereocenters. The second kappa shape index (κ2) is 6.37. The van der Waals surface area contributed by atoms with E-state index in [1.807, 2.05) is 0 Å². The van der Waals surface area contributed by atoms with Crippen LogP contribution in [0.25, 0.3) is 0 Å². The molecule has 2 saturated heterocycles. The lowest BCUT2D eigenvalue weighted by atomic mass is 10.0. The molecule has 2 aliphatic rings. The maximum absolute atomic E-state index is 3.87. The fraction of sp³-hybridized carbons (Fsp3) is 0.667. The van der Waals surface area contributed by atoms with Gasteiger partial charge in [-0.3, -0.25) is 0 Å². The molecule has 0 amide bonds. The van der Waals surface area contributed by atoms with Crippen LogP contribution in [0.2, 0.25) is 0 Å². The van der Waals surface area contributed by atoms with Gasteiger partial charge in [-0.15, -0.1) is 0 Å². The molecule has 3 rings (SSSR count). The van der Waals surface area contributed by atoms with Crippen LogP contribution in [-0.2, 0) is 0 Å². The summed E-state index contributed by atoms with van der Waals surface area (Å²) in [5.41, 5.74) is 4.16. The van der Waals surface area contributed by atoms with E-state index < -0.39 is 0 Å². The van der Waals surface area contributed by atoms with Crippen LogP contribution in [0, 0.1) is 13.8 Å². The van der Waals surface area contributed by atoms with Crippen molar-refractivity contribution in [3.8, 4) is 0 Å². The highest BCUT2D eigenvalue weighted by Gasteiger charge is 2.25. The first-order valence-corrected chi connectivity index (χ1v) is 8.38. The fourth-order valence-electron chi connectivity index (χ4n) is 3.84. The van der Waals surface area contributed by atoms with Crippen molar-refractivity contribution in [3.63, 3.8) is 0 Å². The number of piperidine rings is 1. The fourth-order valence-corrected chi connectivity index (χ4v) is 3.84. The van der Waals surface area contributed by atoms with Crippen molar-refractivity contribution in [2.24, 2.45) is 0 Å². The Hall–Kier alpha value is -1.06. The molecule has 2 fully saturated rings. The van der Waals surface area contributed by atoms with Crippen LogP contribution in [0.1, 0.15) is 30.4 Å². The SMILES string of the molecule is Cc1cc(C)cc(N2CCC(NC3CCN(C)C3)CC2)c1. The summed E-state index contributed by atoms with van der Waals surface area (Å²) in [4.78, 5) is 4.99. The average molecular weight is 287 g/mol. The largest absolute Gasteiger partial charge is 0.371 e. The van der Waals surface area contributed by atoms with E-state index in [2.05, 4.69) is 54.2 Å². The third-order valence-electron chi connectivity index (χ3n) is 4.93. The topological polar surface area (TPSA) is 18.5 Å². The Morgan fingerprint density at radius 2 is 1.52 bits per heavy atom. The van der Waals surface area contributed by atoms with Gasteiger partial charge < -0.3 is 15.1 Å². The summed E-state index contributed by atoms with van der Waals surface area (Å²) in [5, 5.41) is 3.87. The standard InChI is InChI=1S/C18H29N3/c1-14-10-15(2)12-18(11-14)21-8-5-16(6-9-21)19-17-4-7-20(3)13-17/h10-12,16-17,19H,4-9,13H2,1-3H3. The summed E-state index contributed by atoms with van der Waals surface area (Å²) in [6, 6.07) is 8.34. The number of likely N-dealkylation sites (tertiary alicyclic amines) is 1. The smallest absolute Gasteiger partial charge is 0.0371 e. The predicted octanol–water partition coefficient (Wildman–Crippen LogP) is 2.57. The minimum absolute atomic E-state index is 0.712. The Kier molecular flexibility index (Phi) is 4.51. The molecule has 0 radical (unpaired) electrons. The lowest BCUT2D eigenvalue weighted by molar-refractivity contribution is 0.350. The molecule has 1 N–H and O–H groups in total. The summed E-state index contributed by atoms with van der Waals surface area (Å²) in [6.07, 6.45) is 3.86. The van der Waals surface area contributed by atoms with E-state index >= 15 is 0 Å². The first kappa shape index (κ1) is 14.9. The number of nitrogens with zero attached hydrogens (tertiary/aromatic N) is 2. The zero-order valence-electron chi connectivity index (χ0n) is 13.7. The maximum atomic E-state index is 3.87. The highest BCUT2D eigenvalue weighted by atomic mass is 15.2. The first-order valence-electron chi connectivity index (χ1n) is 8.38. The molecule has 1 aromatic rings. The van der Waals surface area contributed by atoms with Crippen molar-refractivity contribution in [2.45, 2.75) is 45.2 Å². The molecule has 0 aromatic heterocycles. The molecular formula is C18H29N3. The van der Waals surface area contributed by atoms with E-state index in [9.17, 15) is 0 Å². The second-order valence-electron chi connectivity index (χ2n) is 7.02. The van der Waals surface area contributed by atoms with Crippen LogP contribution in [0.5, 0.6) is 0 Å². The molecule has 2 heterocycles. The summed E-state index contributed by atoms with van der Waals surface area (Å²) in [5.74, 6) is 0. The molecule has 0 aliphatic carbocycles. The van der Waals surface area contributed by atoms with Crippen molar-refractivity contribution >= 4 is 5.69 Å². The second-order valence-corrected chi connectivity index (χ2v) is 7.02. The van der Waals surface area contributed by atoms with Crippen LogP contribution in [0.15, 0.2) is 18.2 Å². The molecule has 3 nitrogen and oxygen atoms in total. The molecule has 0 bridgehead atoms. The van der Waals surface area contributed by atoms with E-state index in [-0.39, 0.29) is 0 Å². The molecule has 21 heavy (non-hydrogen) atoms. The van der Waals surface area contributed by atoms with E-state index in [0.29, 0.717) is 12.1 Å². The monoisotopic (exact) mass is 287 g/mol. The number of aryl methyl sites for hydroxylation is 2. The van der Waals surface area contributed by atoms with Crippen molar-refractivity contribution in [1.82, 2.24) is 10.2 Å². The van der Waals surface area contributed by atoms with Gasteiger partial charge in [-0.1, -0.05) is 6.07 Å². The number of nitrogens with one attached hydrogen (secondary N) is 1. The van der Waals surface area contributed by atoms with Crippen molar-refractivity contribution < 1.29 is 0 Å². The van der Waals surface area contributed by atoms with Crippen molar-refractivity contribution in [2.75, 3.05) is 38.1 Å². The Balaban J connectivity index is 1.52. The van der Waals surface area contributed by atoms with Gasteiger partial charge in [-0.2, -0.15) is 0 Å². The maximum Gasteiger partial charge on any atom is 0.0371 e. The highest BCUT2D eigenvalue weighted by molar-refractivity contribution is 5.51. The van der Waals surface area contributed by atoms with Crippen LogP contribution in [-0.4, -0.2) is 50.2 Å². The number of anilines is 1. The third-order valence-corrected chi connectivity index (χ3v) is 4.93. The molecular weight excluding hydrogens is 258 g/mol. The molecule has 1 unspecified atom stereocenters. The first-order chi connectivity index (χ1) is 10.1. The van der Waals surface area contributed by atoms with Gasteiger partial charge in [0.25, 0.3) is 0 Å². The van der Waals surface area contributed by atoms with E-state index in [1.54, 1.807) is 0 Å². The Morgan fingerprint density at radius 1 is 0.905 bits per heavy atom. The lowest BCUT2D eigenvalue weighted by Gasteiger charge is -2.35. The number of likely N-dealkylation sites (N-methyl/N-ethyl adjacent to an activating group) is 1. The minimum atomic E-state index is 0.712. The van der Waals surface area contributed by atoms with Crippen LogP contribution < -0.4 is 10.2 Å². The van der Waals surface area contributed by atoms with E-state index in [1.165, 1.54) is 62.3 Å². The Morgan fingerprint density at radius 3 is 2.10 bits per heavy atom. The van der Waals surface area contributed by atoms with Gasteiger partial charge in [0.15, 0.2) is 0 Å². The number of hydrogen-bond acceptors (Lipinski definition) is 3. The summed E-state index contributed by atoms with van der Waals surface area (Å²) < 4.78 is 0. The van der Waals surface area contributed by atoms with Gasteiger partial charge in [-0.05, 0) is 70.0 Å². The van der Waals surface area contributed by atoms with Crippen LogP contribution >= 0.6 is 0 Å². The van der Waals surface area contributed by atoms with E-state index in [0.717, 1.165) is 0 Å². The Labute approximate surface area is 129 Å². The normalized spacial score (nSPS) is 24.7.